The van der Waals surface area contributed by atoms with Gasteiger partial charge < -0.3 is 9.84 Å². The number of hydrazine groups is 1. The lowest BCUT2D eigenvalue weighted by Gasteiger charge is -2.18. The number of nitrogens with zero attached hydrogens (tertiary/aromatic N) is 2. The molecule has 1 unspecified atom stereocenters. The Kier molecular flexibility index (Phi) is 3.26. The van der Waals surface area contributed by atoms with Crippen LogP contribution in [0.15, 0.2) is 60.3 Å². The molecule has 5 nitrogen and oxygen atoms in total. The first-order valence-electron chi connectivity index (χ1n) is 6.34. The van der Waals surface area contributed by atoms with E-state index in [4.69, 9.17) is 4.74 Å². The van der Waals surface area contributed by atoms with Crippen LogP contribution in [0.4, 0.5) is 5.69 Å². The molecule has 102 valence electrons. The number of rotatable bonds is 4. The minimum atomic E-state index is 0.0519. The quantitative estimate of drug-likeness (QED) is 0.822. The van der Waals surface area contributed by atoms with Crippen molar-refractivity contribution in [2.45, 2.75) is 6.04 Å². The highest BCUT2D eigenvalue weighted by atomic mass is 16.5. The zero-order valence-electron chi connectivity index (χ0n) is 10.9. The van der Waals surface area contributed by atoms with Crippen LogP contribution in [0.1, 0.15) is 0 Å². The number of hydrazone groups is 1. The molecule has 0 saturated carbocycles. The maximum Gasteiger partial charge on any atom is 0.146 e. The van der Waals surface area contributed by atoms with Crippen molar-refractivity contribution in [2.24, 2.45) is 5.10 Å². The molecule has 1 heterocycles. The van der Waals surface area contributed by atoms with Crippen molar-refractivity contribution in [3.63, 3.8) is 0 Å². The highest BCUT2D eigenvalue weighted by molar-refractivity contribution is 6.03. The minimum absolute atomic E-state index is 0.0519. The van der Waals surface area contributed by atoms with Crippen molar-refractivity contribution in [1.29, 1.82) is 0 Å². The first-order chi connectivity index (χ1) is 9.78. The third kappa shape index (κ3) is 2.31. The van der Waals surface area contributed by atoms with E-state index in [-0.39, 0.29) is 11.8 Å². The van der Waals surface area contributed by atoms with Gasteiger partial charge in [-0.15, -0.1) is 0 Å². The number of nitrogens with one attached hydrogen (secondary N) is 1. The Hall–Kier alpha value is -2.53. The maximum atomic E-state index is 10.1. The molecule has 2 aliphatic rings. The van der Waals surface area contributed by atoms with Gasteiger partial charge in [-0.1, -0.05) is 30.9 Å². The molecule has 1 atom stereocenters. The second-order valence-electron chi connectivity index (χ2n) is 4.44. The second kappa shape index (κ2) is 5.22. The van der Waals surface area contributed by atoms with Crippen LogP contribution in [0.2, 0.25) is 0 Å². The van der Waals surface area contributed by atoms with Gasteiger partial charge in [0.15, 0.2) is 0 Å². The molecule has 20 heavy (non-hydrogen) atoms. The van der Waals surface area contributed by atoms with Crippen molar-refractivity contribution in [1.82, 2.24) is 5.43 Å². The number of anilines is 1. The molecule has 3 rings (SSSR count). The van der Waals surface area contributed by atoms with Crippen LogP contribution in [0, 0.1) is 0 Å². The summed E-state index contributed by atoms with van der Waals surface area (Å²) in [5.74, 6) is 0.699. The fourth-order valence-corrected chi connectivity index (χ4v) is 2.06. The summed E-state index contributed by atoms with van der Waals surface area (Å²) in [6.45, 7) is 3.99. The molecular weight excluding hydrogens is 254 g/mol. The number of phenolic OH excluding ortho intramolecular Hbond substituents is 1. The molecule has 0 aromatic heterocycles. The molecule has 2 N–H and O–H groups in total. The van der Waals surface area contributed by atoms with Crippen LogP contribution in [0.5, 0.6) is 11.5 Å². The van der Waals surface area contributed by atoms with E-state index < -0.39 is 0 Å². The fourth-order valence-electron chi connectivity index (χ4n) is 2.06. The summed E-state index contributed by atoms with van der Waals surface area (Å²) in [6.07, 6.45) is 9.51. The number of aromatic hydroxyl groups is 1. The van der Waals surface area contributed by atoms with Gasteiger partial charge in [0.1, 0.15) is 23.8 Å². The zero-order chi connectivity index (χ0) is 13.9. The summed E-state index contributed by atoms with van der Waals surface area (Å²) in [7, 11) is 0. The standard InChI is InChI=1S/C15H15N3O2/c1-2-9-20-11-7-8-14(15(19)10-11)18-16-12-5-3-4-6-13(12)17-18/h2-8,10,12,16,19H,1,9H2. The second-order valence-corrected chi connectivity index (χ2v) is 4.44. The average molecular weight is 269 g/mol. The zero-order valence-corrected chi connectivity index (χ0v) is 10.9. The van der Waals surface area contributed by atoms with E-state index >= 15 is 0 Å². The lowest BCUT2D eigenvalue weighted by Crippen LogP contribution is -2.36. The highest BCUT2D eigenvalue weighted by Crippen LogP contribution is 2.32. The monoisotopic (exact) mass is 269 g/mol. The Morgan fingerprint density at radius 3 is 3.10 bits per heavy atom. The highest BCUT2D eigenvalue weighted by Gasteiger charge is 2.25. The summed E-state index contributed by atoms with van der Waals surface area (Å²) in [5, 5.41) is 16.1. The lowest BCUT2D eigenvalue weighted by molar-refractivity contribution is 0.360. The number of ether oxygens (including phenoxy) is 1. The summed E-state index contributed by atoms with van der Waals surface area (Å²) >= 11 is 0. The number of hydrogen-bond acceptors (Lipinski definition) is 5. The molecule has 0 amide bonds. The number of hydrogen-bond donors (Lipinski definition) is 2. The predicted octanol–water partition coefficient (Wildman–Crippen LogP) is 2.13. The van der Waals surface area contributed by atoms with E-state index in [1.807, 2.05) is 24.3 Å². The normalized spacial score (nSPS) is 19.7. The Morgan fingerprint density at radius 1 is 1.45 bits per heavy atom. The lowest BCUT2D eigenvalue weighted by atomic mass is 10.1. The summed E-state index contributed by atoms with van der Waals surface area (Å²) in [5.41, 5.74) is 4.69. The van der Waals surface area contributed by atoms with E-state index in [1.54, 1.807) is 29.4 Å². The summed E-state index contributed by atoms with van der Waals surface area (Å²) < 4.78 is 5.37. The van der Waals surface area contributed by atoms with Gasteiger partial charge in [-0.2, -0.15) is 15.6 Å². The molecule has 0 fully saturated rings. The average Bonchev–Trinajstić information content (AvgIpc) is 2.88. The van der Waals surface area contributed by atoms with Gasteiger partial charge in [-0.3, -0.25) is 0 Å². The van der Waals surface area contributed by atoms with Crippen molar-refractivity contribution in [3.8, 4) is 11.5 Å². The molecule has 1 aromatic rings. The van der Waals surface area contributed by atoms with Crippen LogP contribution in [0.3, 0.4) is 0 Å². The predicted molar refractivity (Wildman–Crippen MR) is 78.9 cm³/mol. The van der Waals surface area contributed by atoms with Crippen molar-refractivity contribution < 1.29 is 9.84 Å². The third-order valence-corrected chi connectivity index (χ3v) is 3.02. The first kappa shape index (κ1) is 12.5. The molecule has 0 spiro atoms. The van der Waals surface area contributed by atoms with E-state index in [2.05, 4.69) is 17.1 Å². The molecule has 5 heteroatoms. The maximum absolute atomic E-state index is 10.1. The van der Waals surface area contributed by atoms with E-state index in [0.29, 0.717) is 18.0 Å². The van der Waals surface area contributed by atoms with Gasteiger partial charge in [-0.05, 0) is 18.2 Å². The van der Waals surface area contributed by atoms with Crippen LogP contribution >= 0.6 is 0 Å². The Balaban J connectivity index is 1.81. The Bertz CT molecular complexity index is 620. The molecule has 0 bridgehead atoms. The molecular formula is C15H15N3O2. The smallest absolute Gasteiger partial charge is 0.146 e. The summed E-state index contributed by atoms with van der Waals surface area (Å²) in [4.78, 5) is 0. The molecule has 0 saturated heterocycles. The van der Waals surface area contributed by atoms with Crippen LogP contribution < -0.4 is 15.3 Å². The van der Waals surface area contributed by atoms with Gasteiger partial charge in [0, 0.05) is 6.07 Å². The third-order valence-electron chi connectivity index (χ3n) is 3.02. The summed E-state index contributed by atoms with van der Waals surface area (Å²) in [6, 6.07) is 5.16. The van der Waals surface area contributed by atoms with Crippen molar-refractivity contribution in [2.75, 3.05) is 11.7 Å². The largest absolute Gasteiger partial charge is 0.505 e. The first-order valence-corrected chi connectivity index (χ1v) is 6.34. The van der Waals surface area contributed by atoms with Crippen molar-refractivity contribution >= 4 is 11.4 Å². The minimum Gasteiger partial charge on any atom is -0.505 e. The van der Waals surface area contributed by atoms with E-state index in [1.165, 1.54) is 0 Å². The van der Waals surface area contributed by atoms with Crippen LogP contribution in [-0.2, 0) is 0 Å². The number of benzene rings is 1. The molecule has 1 aliphatic heterocycles. The molecule has 1 aliphatic carbocycles. The number of phenols is 1. The van der Waals surface area contributed by atoms with Gasteiger partial charge in [0.2, 0.25) is 0 Å². The van der Waals surface area contributed by atoms with Gasteiger partial charge in [0.05, 0.1) is 11.8 Å². The number of fused-ring (bicyclic) bond motifs is 1. The van der Waals surface area contributed by atoms with Crippen LogP contribution in [-0.4, -0.2) is 23.5 Å². The topological polar surface area (TPSA) is 57.1 Å². The van der Waals surface area contributed by atoms with Crippen molar-refractivity contribution in [3.05, 3.63) is 55.2 Å². The van der Waals surface area contributed by atoms with Gasteiger partial charge in [0.25, 0.3) is 0 Å². The molecule has 1 aromatic carbocycles. The molecule has 0 radical (unpaired) electrons. The van der Waals surface area contributed by atoms with Gasteiger partial charge in [-0.25, -0.2) is 0 Å². The Morgan fingerprint density at radius 2 is 2.35 bits per heavy atom. The fraction of sp³-hybridized carbons (Fsp3) is 0.133. The van der Waals surface area contributed by atoms with E-state index in [0.717, 1.165) is 5.71 Å². The van der Waals surface area contributed by atoms with Gasteiger partial charge >= 0.3 is 0 Å². The van der Waals surface area contributed by atoms with Crippen LogP contribution in [0.25, 0.3) is 0 Å². The van der Waals surface area contributed by atoms with E-state index in [9.17, 15) is 5.11 Å². The SMILES string of the molecule is C=CCOc1ccc(N2N=C3C=CC=CC3N2)c(O)c1. The Labute approximate surface area is 117 Å². The number of allylic oxidation sites excluding steroid dienone is 2.